The van der Waals surface area contributed by atoms with Gasteiger partial charge in [0.1, 0.15) is 0 Å². The lowest BCUT2D eigenvalue weighted by atomic mass is 9.81. The molecule has 1 aromatic rings. The Morgan fingerprint density at radius 2 is 2.24 bits per heavy atom. The molecule has 2 heterocycles. The first kappa shape index (κ1) is 11.8. The number of pyridine rings is 1. The van der Waals surface area contributed by atoms with Crippen molar-refractivity contribution in [3.63, 3.8) is 0 Å². The van der Waals surface area contributed by atoms with Gasteiger partial charge in [-0.2, -0.15) is 0 Å². The maximum absolute atomic E-state index is 12.1. The van der Waals surface area contributed by atoms with Crippen LogP contribution in [-0.2, 0) is 4.79 Å². The summed E-state index contributed by atoms with van der Waals surface area (Å²) in [5.74, 6) is 0.0166. The van der Waals surface area contributed by atoms with Gasteiger partial charge < -0.3 is 4.90 Å². The predicted octanol–water partition coefficient (Wildman–Crippen LogP) is 1.52. The van der Waals surface area contributed by atoms with Crippen LogP contribution in [0.2, 0.25) is 0 Å². The first-order chi connectivity index (χ1) is 8.00. The molecule has 90 valence electrons. The Balaban J connectivity index is 2.11. The molecule has 1 amide bonds. The average Bonchev–Trinajstić information content (AvgIpc) is 2.33. The molecular formula is C13H16N2O2. The van der Waals surface area contributed by atoms with Crippen molar-refractivity contribution < 1.29 is 9.59 Å². The second-order valence-corrected chi connectivity index (χ2v) is 5.03. The number of rotatable bonds is 1. The molecule has 4 heteroatoms. The summed E-state index contributed by atoms with van der Waals surface area (Å²) in [6.45, 7) is 4.70. The van der Waals surface area contributed by atoms with Crippen LogP contribution in [0.1, 0.15) is 30.6 Å². The van der Waals surface area contributed by atoms with Gasteiger partial charge >= 0.3 is 0 Å². The number of hydrogen-bond acceptors (Lipinski definition) is 3. The maximum atomic E-state index is 12.1. The summed E-state index contributed by atoms with van der Waals surface area (Å²) in [5.41, 5.74) is 0.242. The third kappa shape index (κ3) is 2.35. The van der Waals surface area contributed by atoms with Gasteiger partial charge in [-0.15, -0.1) is 0 Å². The minimum Gasteiger partial charge on any atom is -0.331 e. The zero-order chi connectivity index (χ0) is 12.5. The second kappa shape index (κ2) is 4.28. The predicted molar refractivity (Wildman–Crippen MR) is 63.5 cm³/mol. The van der Waals surface area contributed by atoms with Gasteiger partial charge in [-0.1, -0.05) is 13.8 Å². The number of Topliss-reactive ketones (excluding diaryl/α,β-unsaturated/α-hetero) is 1. The van der Waals surface area contributed by atoms with Crippen molar-refractivity contribution in [3.8, 4) is 0 Å². The van der Waals surface area contributed by atoms with Crippen molar-refractivity contribution >= 4 is 11.7 Å². The summed E-state index contributed by atoms with van der Waals surface area (Å²) in [7, 11) is 0. The SMILES string of the molecule is CC1(C)CCN(C(=O)c2cccnc2)CC1=O. The standard InChI is InChI=1S/C13H16N2O2/c1-13(2)5-7-15(9-11(13)16)12(17)10-4-3-6-14-8-10/h3-4,6,8H,5,7,9H2,1-2H3. The first-order valence-electron chi connectivity index (χ1n) is 5.73. The third-order valence-corrected chi connectivity index (χ3v) is 3.29. The summed E-state index contributed by atoms with van der Waals surface area (Å²) in [6, 6.07) is 3.45. The molecule has 1 fully saturated rings. The van der Waals surface area contributed by atoms with Crippen LogP contribution in [0.4, 0.5) is 0 Å². The molecule has 0 saturated carbocycles. The fourth-order valence-electron chi connectivity index (χ4n) is 1.87. The van der Waals surface area contributed by atoms with E-state index in [1.54, 1.807) is 23.2 Å². The summed E-state index contributed by atoms with van der Waals surface area (Å²) >= 11 is 0. The number of likely N-dealkylation sites (tertiary alicyclic amines) is 1. The van der Waals surface area contributed by atoms with Gasteiger partial charge in [0.2, 0.25) is 0 Å². The van der Waals surface area contributed by atoms with Crippen molar-refractivity contribution in [1.29, 1.82) is 0 Å². The second-order valence-electron chi connectivity index (χ2n) is 5.03. The van der Waals surface area contributed by atoms with E-state index >= 15 is 0 Å². The van der Waals surface area contributed by atoms with E-state index in [1.807, 2.05) is 13.8 Å². The van der Waals surface area contributed by atoms with Gasteiger partial charge in [-0.3, -0.25) is 14.6 Å². The van der Waals surface area contributed by atoms with Gasteiger partial charge in [-0.25, -0.2) is 0 Å². The van der Waals surface area contributed by atoms with E-state index in [-0.39, 0.29) is 23.7 Å². The molecule has 0 radical (unpaired) electrons. The lowest BCUT2D eigenvalue weighted by Crippen LogP contribution is -2.47. The van der Waals surface area contributed by atoms with Gasteiger partial charge in [-0.05, 0) is 18.6 Å². The topological polar surface area (TPSA) is 50.3 Å². The first-order valence-corrected chi connectivity index (χ1v) is 5.73. The van der Waals surface area contributed by atoms with Crippen LogP contribution in [0.25, 0.3) is 0 Å². The van der Waals surface area contributed by atoms with E-state index in [0.29, 0.717) is 12.1 Å². The van der Waals surface area contributed by atoms with Crippen LogP contribution in [-0.4, -0.2) is 34.7 Å². The van der Waals surface area contributed by atoms with Crippen LogP contribution in [0.5, 0.6) is 0 Å². The van der Waals surface area contributed by atoms with Crippen LogP contribution in [0, 0.1) is 5.41 Å². The van der Waals surface area contributed by atoms with Crippen molar-refractivity contribution in [2.75, 3.05) is 13.1 Å². The largest absolute Gasteiger partial charge is 0.331 e. The fraction of sp³-hybridized carbons (Fsp3) is 0.462. The molecule has 0 atom stereocenters. The Morgan fingerprint density at radius 1 is 1.47 bits per heavy atom. The van der Waals surface area contributed by atoms with E-state index < -0.39 is 0 Å². The van der Waals surface area contributed by atoms with Gasteiger partial charge in [0.15, 0.2) is 5.78 Å². The molecule has 1 aliphatic heterocycles. The number of carbonyl (C=O) groups is 2. The van der Waals surface area contributed by atoms with Gasteiger partial charge in [0.05, 0.1) is 12.1 Å². The molecule has 0 spiro atoms. The van der Waals surface area contributed by atoms with Crippen molar-refractivity contribution in [2.45, 2.75) is 20.3 Å². The summed E-state index contributed by atoms with van der Waals surface area (Å²) in [4.78, 5) is 29.5. The van der Waals surface area contributed by atoms with Crippen molar-refractivity contribution in [3.05, 3.63) is 30.1 Å². The monoisotopic (exact) mass is 232 g/mol. The Bertz CT molecular complexity index is 440. The molecule has 0 aromatic carbocycles. The van der Waals surface area contributed by atoms with Crippen LogP contribution in [0.15, 0.2) is 24.5 Å². The average molecular weight is 232 g/mol. The Morgan fingerprint density at radius 3 is 2.82 bits per heavy atom. The molecule has 17 heavy (non-hydrogen) atoms. The Labute approximate surface area is 101 Å². The van der Waals surface area contributed by atoms with E-state index in [4.69, 9.17) is 0 Å². The molecule has 0 aliphatic carbocycles. The molecule has 4 nitrogen and oxygen atoms in total. The molecule has 1 aromatic heterocycles. The van der Waals surface area contributed by atoms with E-state index in [0.717, 1.165) is 6.42 Å². The maximum Gasteiger partial charge on any atom is 0.255 e. The number of amides is 1. The molecule has 1 aliphatic rings. The lowest BCUT2D eigenvalue weighted by Gasteiger charge is -2.35. The molecule has 1 saturated heterocycles. The fourth-order valence-corrected chi connectivity index (χ4v) is 1.87. The number of carbonyl (C=O) groups excluding carboxylic acids is 2. The number of ketones is 1. The lowest BCUT2D eigenvalue weighted by molar-refractivity contribution is -0.130. The highest BCUT2D eigenvalue weighted by Crippen LogP contribution is 2.27. The zero-order valence-electron chi connectivity index (χ0n) is 10.1. The van der Waals surface area contributed by atoms with Crippen LogP contribution < -0.4 is 0 Å². The van der Waals surface area contributed by atoms with Gasteiger partial charge in [0, 0.05) is 24.4 Å². The summed E-state index contributed by atoms with van der Waals surface area (Å²) in [6.07, 6.45) is 3.88. The molecular weight excluding hydrogens is 216 g/mol. The normalized spacial score (nSPS) is 19.2. The molecule has 0 N–H and O–H groups in total. The summed E-state index contributed by atoms with van der Waals surface area (Å²) in [5, 5.41) is 0. The van der Waals surface area contributed by atoms with Crippen molar-refractivity contribution in [2.24, 2.45) is 5.41 Å². The zero-order valence-corrected chi connectivity index (χ0v) is 10.1. The molecule has 0 unspecified atom stereocenters. The highest BCUT2D eigenvalue weighted by Gasteiger charge is 2.35. The van der Waals surface area contributed by atoms with Gasteiger partial charge in [0.25, 0.3) is 5.91 Å². The Hall–Kier alpha value is -1.71. The highest BCUT2D eigenvalue weighted by atomic mass is 16.2. The minimum absolute atomic E-state index is 0.109. The molecule has 0 bridgehead atoms. The van der Waals surface area contributed by atoms with E-state index in [9.17, 15) is 9.59 Å². The minimum atomic E-state index is -0.300. The van der Waals surface area contributed by atoms with Crippen molar-refractivity contribution in [1.82, 2.24) is 9.88 Å². The number of aromatic nitrogens is 1. The number of hydrogen-bond donors (Lipinski definition) is 0. The van der Waals surface area contributed by atoms with E-state index in [2.05, 4.69) is 4.98 Å². The quantitative estimate of drug-likeness (QED) is 0.737. The highest BCUT2D eigenvalue weighted by molar-refractivity contribution is 5.98. The summed E-state index contributed by atoms with van der Waals surface area (Å²) < 4.78 is 0. The number of piperidine rings is 1. The van der Waals surface area contributed by atoms with Crippen LogP contribution >= 0.6 is 0 Å². The van der Waals surface area contributed by atoms with Crippen LogP contribution in [0.3, 0.4) is 0 Å². The smallest absolute Gasteiger partial charge is 0.255 e. The molecule has 2 rings (SSSR count). The third-order valence-electron chi connectivity index (χ3n) is 3.29. The number of nitrogens with zero attached hydrogens (tertiary/aromatic N) is 2. The Kier molecular flexibility index (Phi) is 2.96. The van der Waals surface area contributed by atoms with E-state index in [1.165, 1.54) is 6.20 Å².